The van der Waals surface area contributed by atoms with E-state index >= 15 is 0 Å². The van der Waals surface area contributed by atoms with Crippen molar-refractivity contribution in [1.29, 1.82) is 5.26 Å². The number of rotatable bonds is 11. The van der Waals surface area contributed by atoms with Crippen LogP contribution in [0.3, 0.4) is 0 Å². The molecule has 0 unspecified atom stereocenters. The number of aliphatic hydroxyl groups is 2. The number of hydrogen-bond donors (Lipinski definition) is 3. The van der Waals surface area contributed by atoms with Gasteiger partial charge < -0.3 is 25.0 Å². The number of nitrogens with one attached hydrogen (secondary N) is 1. The van der Waals surface area contributed by atoms with E-state index in [9.17, 15) is 15.5 Å². The number of halogens is 1. The molecule has 42 heavy (non-hydrogen) atoms. The summed E-state index contributed by atoms with van der Waals surface area (Å²) in [6, 6.07) is 22.9. The maximum atomic E-state index is 9.73. The molecule has 0 aliphatic rings. The van der Waals surface area contributed by atoms with Gasteiger partial charge in [0.2, 0.25) is 5.88 Å². The van der Waals surface area contributed by atoms with Gasteiger partial charge in [-0.2, -0.15) is 5.26 Å². The summed E-state index contributed by atoms with van der Waals surface area (Å²) in [7, 11) is 0. The summed E-state index contributed by atoms with van der Waals surface area (Å²) in [6.45, 7) is 1.53. The Morgan fingerprint density at radius 1 is 0.976 bits per heavy atom. The van der Waals surface area contributed by atoms with Crippen molar-refractivity contribution in [1.82, 2.24) is 20.3 Å². The van der Waals surface area contributed by atoms with Crippen LogP contribution < -0.4 is 14.8 Å². The van der Waals surface area contributed by atoms with E-state index in [1.54, 1.807) is 31.3 Å². The van der Waals surface area contributed by atoms with E-state index in [4.69, 9.17) is 21.1 Å². The van der Waals surface area contributed by atoms with Gasteiger partial charge in [-0.15, -0.1) is 0 Å². The number of nitriles is 1. The summed E-state index contributed by atoms with van der Waals surface area (Å²) in [5.41, 5.74) is 3.58. The highest BCUT2D eigenvalue weighted by Gasteiger charge is 2.23. The number of ether oxygens (including phenoxy) is 2. The Morgan fingerprint density at radius 3 is 2.55 bits per heavy atom. The number of pyridine rings is 1. The Morgan fingerprint density at radius 2 is 1.79 bits per heavy atom. The SMILES string of the molecule is CC(CO)(CO)NCc1cc(Cl)c(Oc2ncnc3c(-c4ccccc4)cccc23)cc1OCc1cncc(C#N)c1. The van der Waals surface area contributed by atoms with Crippen molar-refractivity contribution in [2.75, 3.05) is 13.2 Å². The molecular formula is C32H28ClN5O4. The highest BCUT2D eigenvalue weighted by molar-refractivity contribution is 6.32. The fourth-order valence-corrected chi connectivity index (χ4v) is 4.51. The molecule has 9 nitrogen and oxygen atoms in total. The molecule has 0 aliphatic heterocycles. The molecule has 0 fully saturated rings. The topological polar surface area (TPSA) is 133 Å². The highest BCUT2D eigenvalue weighted by atomic mass is 35.5. The Balaban J connectivity index is 1.50. The van der Waals surface area contributed by atoms with E-state index in [1.165, 1.54) is 12.5 Å². The summed E-state index contributed by atoms with van der Waals surface area (Å²) in [4.78, 5) is 13.0. The van der Waals surface area contributed by atoms with Crippen molar-refractivity contribution >= 4 is 22.5 Å². The molecule has 5 aromatic rings. The van der Waals surface area contributed by atoms with Crippen LogP contribution in [0.1, 0.15) is 23.6 Å². The zero-order valence-electron chi connectivity index (χ0n) is 22.8. The second kappa shape index (κ2) is 12.9. The lowest BCUT2D eigenvalue weighted by Crippen LogP contribution is -2.48. The van der Waals surface area contributed by atoms with Crippen molar-refractivity contribution in [2.24, 2.45) is 0 Å². The van der Waals surface area contributed by atoms with E-state index in [0.29, 0.717) is 44.5 Å². The summed E-state index contributed by atoms with van der Waals surface area (Å²) >= 11 is 6.71. The van der Waals surface area contributed by atoms with Crippen molar-refractivity contribution < 1.29 is 19.7 Å². The molecule has 2 heterocycles. The van der Waals surface area contributed by atoms with E-state index in [0.717, 1.165) is 16.6 Å². The van der Waals surface area contributed by atoms with Gasteiger partial charge in [0, 0.05) is 41.7 Å². The molecule has 212 valence electrons. The molecule has 3 N–H and O–H groups in total. The van der Waals surface area contributed by atoms with Gasteiger partial charge in [-0.3, -0.25) is 4.98 Å². The molecule has 2 aromatic heterocycles. The third-order valence-corrected chi connectivity index (χ3v) is 7.05. The molecule has 0 bridgehead atoms. The van der Waals surface area contributed by atoms with E-state index in [-0.39, 0.29) is 26.4 Å². The van der Waals surface area contributed by atoms with Gasteiger partial charge in [0.25, 0.3) is 0 Å². The molecule has 0 radical (unpaired) electrons. The number of para-hydroxylation sites is 1. The monoisotopic (exact) mass is 581 g/mol. The Kier molecular flexibility index (Phi) is 8.91. The third-order valence-electron chi connectivity index (χ3n) is 6.76. The zero-order chi connectivity index (χ0) is 29.5. The number of benzene rings is 3. The number of aliphatic hydroxyl groups excluding tert-OH is 2. The summed E-state index contributed by atoms with van der Waals surface area (Å²) in [5, 5.41) is 32.9. The van der Waals surface area contributed by atoms with Crippen LogP contribution >= 0.6 is 11.6 Å². The molecule has 0 spiro atoms. The maximum absolute atomic E-state index is 9.73. The van der Waals surface area contributed by atoms with Crippen LogP contribution in [0, 0.1) is 11.3 Å². The maximum Gasteiger partial charge on any atom is 0.230 e. The lowest BCUT2D eigenvalue weighted by molar-refractivity contribution is 0.103. The Labute approximate surface area is 248 Å². The van der Waals surface area contributed by atoms with Gasteiger partial charge in [-0.05, 0) is 30.7 Å². The molecule has 0 amide bonds. The van der Waals surface area contributed by atoms with Crippen LogP contribution in [0.25, 0.3) is 22.0 Å². The normalized spacial score (nSPS) is 11.3. The van der Waals surface area contributed by atoms with Crippen molar-refractivity contribution in [3.8, 4) is 34.6 Å². The van der Waals surface area contributed by atoms with E-state index < -0.39 is 5.54 Å². The predicted molar refractivity (Wildman–Crippen MR) is 159 cm³/mol. The van der Waals surface area contributed by atoms with Crippen LogP contribution in [0.2, 0.25) is 5.02 Å². The average Bonchev–Trinajstić information content (AvgIpc) is 3.04. The summed E-state index contributed by atoms with van der Waals surface area (Å²) < 4.78 is 12.4. The smallest absolute Gasteiger partial charge is 0.230 e. The molecule has 0 saturated heterocycles. The van der Waals surface area contributed by atoms with Crippen LogP contribution in [0.5, 0.6) is 17.4 Å². The van der Waals surface area contributed by atoms with Crippen LogP contribution in [-0.4, -0.2) is 43.9 Å². The summed E-state index contributed by atoms with van der Waals surface area (Å²) in [6.07, 6.45) is 4.55. The van der Waals surface area contributed by atoms with Crippen molar-refractivity contribution in [3.63, 3.8) is 0 Å². The lowest BCUT2D eigenvalue weighted by Gasteiger charge is -2.27. The van der Waals surface area contributed by atoms with Gasteiger partial charge in [0.1, 0.15) is 24.8 Å². The minimum absolute atomic E-state index is 0.130. The van der Waals surface area contributed by atoms with E-state index in [2.05, 4.69) is 26.3 Å². The molecule has 10 heteroatoms. The second-order valence-electron chi connectivity index (χ2n) is 9.95. The Bertz CT molecular complexity index is 1740. The number of aromatic nitrogens is 3. The second-order valence-corrected chi connectivity index (χ2v) is 10.4. The molecule has 0 atom stereocenters. The fourth-order valence-electron chi connectivity index (χ4n) is 4.29. The largest absolute Gasteiger partial charge is 0.488 e. The molecule has 0 aliphatic carbocycles. The number of hydrogen-bond acceptors (Lipinski definition) is 9. The zero-order valence-corrected chi connectivity index (χ0v) is 23.5. The quantitative estimate of drug-likeness (QED) is 0.187. The first kappa shape index (κ1) is 28.9. The van der Waals surface area contributed by atoms with Crippen LogP contribution in [0.4, 0.5) is 0 Å². The standard InChI is InChI=1S/C32H28ClN5O4/c1-32(18-39,19-40)38-16-24-11-27(33)29(12-28(24)41-17-22-10-21(13-34)14-35-15-22)42-31-26-9-5-8-25(30(26)36-20-37-31)23-6-3-2-4-7-23/h2-12,14-15,20,38-40H,16-19H2,1H3. The Hall–Kier alpha value is -4.59. The number of fused-ring (bicyclic) bond motifs is 1. The first-order valence-electron chi connectivity index (χ1n) is 13.2. The first-order valence-corrected chi connectivity index (χ1v) is 13.5. The van der Waals surface area contributed by atoms with Gasteiger partial charge >= 0.3 is 0 Å². The van der Waals surface area contributed by atoms with Crippen LogP contribution in [-0.2, 0) is 13.2 Å². The lowest BCUT2D eigenvalue weighted by atomic mass is 10.0. The highest BCUT2D eigenvalue weighted by Crippen LogP contribution is 2.38. The van der Waals surface area contributed by atoms with Crippen LogP contribution in [0.15, 0.2) is 85.5 Å². The molecular weight excluding hydrogens is 554 g/mol. The molecule has 3 aromatic carbocycles. The average molecular weight is 582 g/mol. The first-order chi connectivity index (χ1) is 20.4. The van der Waals surface area contributed by atoms with Gasteiger partial charge in [0.15, 0.2) is 5.75 Å². The minimum atomic E-state index is -0.916. The van der Waals surface area contributed by atoms with E-state index in [1.807, 2.05) is 48.5 Å². The van der Waals surface area contributed by atoms with Gasteiger partial charge in [-0.1, -0.05) is 54.1 Å². The molecule has 5 rings (SSSR count). The summed E-state index contributed by atoms with van der Waals surface area (Å²) in [5.74, 6) is 1.10. The predicted octanol–water partition coefficient (Wildman–Crippen LogP) is 5.42. The minimum Gasteiger partial charge on any atom is -0.488 e. The van der Waals surface area contributed by atoms with Crippen molar-refractivity contribution in [2.45, 2.75) is 25.6 Å². The molecule has 0 saturated carbocycles. The van der Waals surface area contributed by atoms with Crippen molar-refractivity contribution in [3.05, 3.63) is 107 Å². The third kappa shape index (κ3) is 6.48. The van der Waals surface area contributed by atoms with Gasteiger partial charge in [0.05, 0.1) is 40.2 Å². The van der Waals surface area contributed by atoms with Gasteiger partial charge in [-0.25, -0.2) is 9.97 Å². The number of nitrogens with zero attached hydrogens (tertiary/aromatic N) is 4. The fraction of sp³-hybridized carbons (Fsp3) is 0.188.